The third-order valence-electron chi connectivity index (χ3n) is 4.82. The van der Waals surface area contributed by atoms with Gasteiger partial charge >= 0.3 is 0 Å². The summed E-state index contributed by atoms with van der Waals surface area (Å²) in [5.41, 5.74) is -0.479. The van der Waals surface area contributed by atoms with Crippen LogP contribution in [-0.4, -0.2) is 15.4 Å². The van der Waals surface area contributed by atoms with Crippen molar-refractivity contribution in [2.24, 2.45) is 16.7 Å². The molecule has 0 saturated heterocycles. The summed E-state index contributed by atoms with van der Waals surface area (Å²) in [4.78, 5) is 12.2. The van der Waals surface area contributed by atoms with Crippen LogP contribution >= 0.6 is 39.1 Å². The molecule has 0 amide bonds. The van der Waals surface area contributed by atoms with E-state index in [1.54, 1.807) is 0 Å². The molecule has 0 radical (unpaired) electrons. The normalized spacial score (nSPS) is 51.1. The third kappa shape index (κ3) is 1.19. The molecule has 0 spiro atoms. The minimum atomic E-state index is -0.331. The standard InChI is InChI=1S/C11H15BrCl2O/c1-3-11-5-4-6(7(13)8(11)15)10(11,2)9(12)14/h6-7,9H,3-5H2,1-2H3. The number of halogens is 3. The Kier molecular flexibility index (Phi) is 2.94. The van der Waals surface area contributed by atoms with Crippen LogP contribution in [0.4, 0.5) is 0 Å². The number of carbonyl (C=O) groups excluding carboxylic acids is 1. The van der Waals surface area contributed by atoms with Gasteiger partial charge < -0.3 is 0 Å². The van der Waals surface area contributed by atoms with E-state index < -0.39 is 0 Å². The molecule has 4 heteroatoms. The molecule has 5 unspecified atom stereocenters. The van der Waals surface area contributed by atoms with Crippen molar-refractivity contribution < 1.29 is 4.79 Å². The highest BCUT2D eigenvalue weighted by Crippen LogP contribution is 2.69. The maximum absolute atomic E-state index is 12.2. The molecule has 2 rings (SSSR count). The number of ketones is 1. The van der Waals surface area contributed by atoms with Crippen LogP contribution in [0.3, 0.4) is 0 Å². The van der Waals surface area contributed by atoms with Crippen LogP contribution in [0.1, 0.15) is 33.1 Å². The van der Waals surface area contributed by atoms with E-state index in [0.717, 1.165) is 19.3 Å². The van der Waals surface area contributed by atoms with Crippen molar-refractivity contribution in [3.05, 3.63) is 0 Å². The van der Waals surface area contributed by atoms with Crippen molar-refractivity contribution in [1.82, 2.24) is 0 Å². The van der Waals surface area contributed by atoms with Gasteiger partial charge in [0.25, 0.3) is 0 Å². The van der Waals surface area contributed by atoms with Crippen LogP contribution in [0.5, 0.6) is 0 Å². The number of fused-ring (bicyclic) bond motifs is 2. The van der Waals surface area contributed by atoms with E-state index >= 15 is 0 Å². The number of Topliss-reactive ketones (excluding diaryl/α,β-unsaturated/α-hetero) is 1. The molecule has 2 bridgehead atoms. The molecule has 0 aromatic carbocycles. The lowest BCUT2D eigenvalue weighted by Gasteiger charge is -2.39. The Hall–Kier alpha value is 0.730. The molecular formula is C11H15BrCl2O. The van der Waals surface area contributed by atoms with Crippen LogP contribution in [0.15, 0.2) is 0 Å². The Morgan fingerprint density at radius 2 is 2.27 bits per heavy atom. The third-order valence-corrected chi connectivity index (χ3v) is 6.72. The van der Waals surface area contributed by atoms with Gasteiger partial charge in [-0.25, -0.2) is 0 Å². The summed E-state index contributed by atoms with van der Waals surface area (Å²) in [7, 11) is 0. The quantitative estimate of drug-likeness (QED) is 0.705. The second kappa shape index (κ2) is 3.61. The summed E-state index contributed by atoms with van der Waals surface area (Å²) in [5, 5.41) is -0.331. The second-order valence-corrected chi connectivity index (χ2v) is 7.28. The highest BCUT2D eigenvalue weighted by Gasteiger charge is 2.71. The van der Waals surface area contributed by atoms with Crippen LogP contribution < -0.4 is 0 Å². The van der Waals surface area contributed by atoms with Gasteiger partial charge in [-0.15, -0.1) is 23.2 Å². The lowest BCUT2D eigenvalue weighted by Crippen LogP contribution is -2.41. The maximum atomic E-state index is 12.2. The van der Waals surface area contributed by atoms with E-state index in [4.69, 9.17) is 23.2 Å². The molecule has 2 aliphatic carbocycles. The Labute approximate surface area is 109 Å². The van der Waals surface area contributed by atoms with Crippen LogP contribution in [-0.2, 0) is 4.79 Å². The zero-order valence-electron chi connectivity index (χ0n) is 8.90. The molecule has 0 N–H and O–H groups in total. The minimum Gasteiger partial charge on any atom is -0.297 e. The maximum Gasteiger partial charge on any atom is 0.157 e. The molecule has 2 fully saturated rings. The Morgan fingerprint density at radius 3 is 2.67 bits per heavy atom. The van der Waals surface area contributed by atoms with Crippen LogP contribution in [0.2, 0.25) is 0 Å². The fourth-order valence-corrected chi connectivity index (χ4v) is 5.46. The van der Waals surface area contributed by atoms with Crippen molar-refractivity contribution >= 4 is 44.9 Å². The van der Waals surface area contributed by atoms with Crippen molar-refractivity contribution in [2.75, 3.05) is 0 Å². The average Bonchev–Trinajstić information content (AvgIpc) is 2.58. The van der Waals surface area contributed by atoms with Crippen molar-refractivity contribution in [3.8, 4) is 0 Å². The topological polar surface area (TPSA) is 17.1 Å². The first-order chi connectivity index (χ1) is 6.91. The van der Waals surface area contributed by atoms with Gasteiger partial charge in [-0.3, -0.25) is 4.79 Å². The van der Waals surface area contributed by atoms with Crippen LogP contribution in [0, 0.1) is 16.7 Å². The summed E-state index contributed by atoms with van der Waals surface area (Å²) in [5.74, 6) is 0.448. The smallest absolute Gasteiger partial charge is 0.157 e. The van der Waals surface area contributed by atoms with Crippen molar-refractivity contribution in [2.45, 2.75) is 42.8 Å². The van der Waals surface area contributed by atoms with Gasteiger partial charge in [0.05, 0.1) is 9.66 Å². The average molecular weight is 314 g/mol. The predicted molar refractivity (Wildman–Crippen MR) is 66.8 cm³/mol. The molecule has 0 aromatic rings. The van der Waals surface area contributed by atoms with E-state index in [0.29, 0.717) is 0 Å². The van der Waals surface area contributed by atoms with Crippen LogP contribution in [0.25, 0.3) is 0 Å². The van der Waals surface area contributed by atoms with Crippen molar-refractivity contribution in [3.63, 3.8) is 0 Å². The van der Waals surface area contributed by atoms with Gasteiger partial charge in [0.1, 0.15) is 0 Å². The predicted octanol–water partition coefficient (Wildman–Crippen LogP) is 3.95. The fraction of sp³-hybridized carbons (Fsp3) is 0.909. The number of hydrogen-bond donors (Lipinski definition) is 0. The summed E-state index contributed by atoms with van der Waals surface area (Å²) in [6.45, 7) is 4.18. The number of hydrogen-bond acceptors (Lipinski definition) is 1. The van der Waals surface area contributed by atoms with E-state index in [2.05, 4.69) is 29.8 Å². The van der Waals surface area contributed by atoms with Gasteiger partial charge in [0.15, 0.2) is 5.78 Å². The molecule has 1 nitrogen and oxygen atoms in total. The monoisotopic (exact) mass is 312 g/mol. The van der Waals surface area contributed by atoms with Crippen molar-refractivity contribution in [1.29, 1.82) is 0 Å². The highest BCUT2D eigenvalue weighted by atomic mass is 79.9. The zero-order chi connectivity index (χ0) is 11.4. The van der Waals surface area contributed by atoms with E-state index in [1.807, 2.05) is 0 Å². The summed E-state index contributed by atoms with van der Waals surface area (Å²) >= 11 is 16.0. The minimum absolute atomic E-state index is 0.176. The second-order valence-electron chi connectivity index (χ2n) is 4.93. The molecule has 2 aliphatic rings. The van der Waals surface area contributed by atoms with E-state index in [1.165, 1.54) is 0 Å². The Morgan fingerprint density at radius 1 is 1.67 bits per heavy atom. The van der Waals surface area contributed by atoms with E-state index in [-0.39, 0.29) is 32.2 Å². The largest absolute Gasteiger partial charge is 0.297 e. The number of carbonyl (C=O) groups is 1. The highest BCUT2D eigenvalue weighted by molar-refractivity contribution is 9.10. The lowest BCUT2D eigenvalue weighted by atomic mass is 9.67. The molecule has 15 heavy (non-hydrogen) atoms. The first-order valence-corrected chi connectivity index (χ1v) is 7.17. The first-order valence-electron chi connectivity index (χ1n) is 5.38. The molecular weight excluding hydrogens is 299 g/mol. The van der Waals surface area contributed by atoms with Gasteiger partial charge in [-0.1, -0.05) is 29.8 Å². The summed E-state index contributed by atoms with van der Waals surface area (Å²) < 4.78 is -0.176. The molecule has 2 saturated carbocycles. The Bertz CT molecular complexity index is 307. The number of alkyl halides is 3. The molecule has 0 aromatic heterocycles. The molecule has 86 valence electrons. The van der Waals surface area contributed by atoms with Gasteiger partial charge in [-0.2, -0.15) is 0 Å². The van der Waals surface area contributed by atoms with Gasteiger partial charge in [-0.05, 0) is 25.2 Å². The molecule has 0 heterocycles. The first kappa shape index (κ1) is 12.2. The van der Waals surface area contributed by atoms with Gasteiger partial charge in [0.2, 0.25) is 0 Å². The fourth-order valence-electron chi connectivity index (χ4n) is 3.71. The SMILES string of the molecule is CCC12CCC(C(Cl)C1=O)C2(C)C(Cl)Br. The molecule has 0 aliphatic heterocycles. The van der Waals surface area contributed by atoms with E-state index in [9.17, 15) is 4.79 Å². The summed E-state index contributed by atoms with van der Waals surface area (Å²) in [6, 6.07) is 0. The lowest BCUT2D eigenvalue weighted by molar-refractivity contribution is -0.129. The Balaban J connectivity index is 2.53. The number of rotatable bonds is 2. The molecule has 5 atom stereocenters. The zero-order valence-corrected chi connectivity index (χ0v) is 12.0. The summed E-state index contributed by atoms with van der Waals surface area (Å²) in [6.07, 6.45) is 2.82. The van der Waals surface area contributed by atoms with Gasteiger partial charge in [0, 0.05) is 10.8 Å².